The second-order valence-electron chi connectivity index (χ2n) is 25.6. The molecule has 0 aromatic heterocycles. The van der Waals surface area contributed by atoms with Crippen LogP contribution in [0.1, 0.15) is 354 Å². The Kier molecular flexibility index (Phi) is 60.9. The van der Waals surface area contributed by atoms with Crippen molar-refractivity contribution >= 4 is 11.9 Å². The van der Waals surface area contributed by atoms with Gasteiger partial charge in [0.2, 0.25) is 5.91 Å². The van der Waals surface area contributed by atoms with Gasteiger partial charge in [-0.15, -0.1) is 0 Å². The van der Waals surface area contributed by atoms with Gasteiger partial charge in [-0.3, -0.25) is 9.59 Å². The van der Waals surface area contributed by atoms with Gasteiger partial charge in [0.05, 0.1) is 32.0 Å². The number of carbonyl (C=O) groups excluding carboxylic acids is 2. The summed E-state index contributed by atoms with van der Waals surface area (Å²) in [4.78, 5) is 25.1. The molecule has 1 fully saturated rings. The van der Waals surface area contributed by atoms with Crippen LogP contribution in [0.3, 0.4) is 0 Å². The van der Waals surface area contributed by atoms with Gasteiger partial charge in [-0.25, -0.2) is 0 Å². The van der Waals surface area contributed by atoms with E-state index in [0.717, 1.165) is 64.2 Å². The van der Waals surface area contributed by atoms with Gasteiger partial charge in [-0.05, 0) is 89.9 Å². The molecule has 0 aromatic rings. The third-order valence-electron chi connectivity index (χ3n) is 17.4. The third kappa shape index (κ3) is 52.4. The van der Waals surface area contributed by atoms with Gasteiger partial charge in [0.25, 0.3) is 0 Å². The van der Waals surface area contributed by atoms with E-state index in [9.17, 15) is 35.1 Å². The fourth-order valence-corrected chi connectivity index (χ4v) is 11.6. The molecule has 0 spiro atoms. The number of carbonyl (C=O) groups is 2. The van der Waals surface area contributed by atoms with Crippen LogP contribution in [0, 0.1) is 0 Å². The Morgan fingerprint density at radius 1 is 0.430 bits per heavy atom. The van der Waals surface area contributed by atoms with Gasteiger partial charge in [-0.1, -0.05) is 300 Å². The van der Waals surface area contributed by atoms with Crippen molar-refractivity contribution < 1.29 is 49.3 Å². The van der Waals surface area contributed by atoms with Crippen molar-refractivity contribution in [3.8, 4) is 0 Å². The molecule has 1 rings (SSSR count). The van der Waals surface area contributed by atoms with Crippen LogP contribution in [0.15, 0.2) is 48.6 Å². The van der Waals surface area contributed by atoms with E-state index in [1.807, 2.05) is 6.08 Å². The summed E-state index contributed by atoms with van der Waals surface area (Å²) in [5, 5.41) is 54.3. The number of hydrogen-bond donors (Lipinski definition) is 6. The van der Waals surface area contributed by atoms with E-state index in [1.54, 1.807) is 6.08 Å². The minimum Gasteiger partial charge on any atom is -0.466 e. The van der Waals surface area contributed by atoms with E-state index in [1.165, 1.54) is 263 Å². The Hall–Kier alpha value is -2.38. The molecule has 0 saturated carbocycles. The zero-order chi connectivity index (χ0) is 62.3. The number of unbranched alkanes of at least 4 members (excludes halogenated alkanes) is 45. The molecule has 0 aromatic carbocycles. The highest BCUT2D eigenvalue weighted by Crippen LogP contribution is 2.23. The Morgan fingerprint density at radius 2 is 0.779 bits per heavy atom. The minimum absolute atomic E-state index is 0.00157. The molecule has 1 aliphatic heterocycles. The van der Waals surface area contributed by atoms with Crippen LogP contribution in [0.4, 0.5) is 0 Å². The fraction of sp³-hybridized carbons (Fsp3) is 0.867. The molecule has 11 nitrogen and oxygen atoms in total. The number of hydrogen-bond acceptors (Lipinski definition) is 10. The summed E-state index contributed by atoms with van der Waals surface area (Å²) < 4.78 is 16.7. The smallest absolute Gasteiger partial charge is 0.305 e. The molecule has 1 heterocycles. The Morgan fingerprint density at radius 3 is 1.19 bits per heavy atom. The largest absolute Gasteiger partial charge is 0.466 e. The first-order chi connectivity index (χ1) is 42.2. The van der Waals surface area contributed by atoms with Crippen molar-refractivity contribution in [3.63, 3.8) is 0 Å². The zero-order valence-corrected chi connectivity index (χ0v) is 56.0. The first kappa shape index (κ1) is 81.6. The predicted molar refractivity (Wildman–Crippen MR) is 361 cm³/mol. The van der Waals surface area contributed by atoms with Crippen molar-refractivity contribution in [2.45, 2.75) is 397 Å². The topological polar surface area (TPSA) is 175 Å². The SMILES string of the molecule is CCCCCCC/C=C\CCCCCCCC(=O)OCCCCCCCCCCCCC/C=C\C/C=C\CCCCCCCCCCCCCCCCCCCC(=O)NC(COC1OC(CO)C(O)C(O)C1O)C(O)/C=C/CCCCCCCCC. The van der Waals surface area contributed by atoms with E-state index >= 15 is 0 Å². The number of rotatable bonds is 65. The molecule has 0 bridgehead atoms. The lowest BCUT2D eigenvalue weighted by atomic mass is 9.99. The van der Waals surface area contributed by atoms with E-state index < -0.39 is 49.5 Å². The Labute approximate surface area is 529 Å². The highest BCUT2D eigenvalue weighted by Gasteiger charge is 2.44. The molecular formula is C75H139NO10. The third-order valence-corrected chi connectivity index (χ3v) is 17.4. The number of nitrogens with one attached hydrogen (secondary N) is 1. The van der Waals surface area contributed by atoms with Crippen LogP contribution in [0.2, 0.25) is 0 Å². The Balaban J connectivity index is 1.90. The number of ether oxygens (including phenoxy) is 3. The van der Waals surface area contributed by atoms with Crippen LogP contribution in [0.5, 0.6) is 0 Å². The lowest BCUT2D eigenvalue weighted by Gasteiger charge is -2.40. The summed E-state index contributed by atoms with van der Waals surface area (Å²) in [6, 6.07) is -0.807. The summed E-state index contributed by atoms with van der Waals surface area (Å²) in [5.74, 6) is -0.179. The monoisotopic (exact) mass is 1210 g/mol. The Bertz CT molecular complexity index is 1570. The summed E-state index contributed by atoms with van der Waals surface area (Å²) >= 11 is 0. The molecule has 0 aliphatic carbocycles. The second-order valence-corrected chi connectivity index (χ2v) is 25.6. The van der Waals surface area contributed by atoms with Crippen molar-refractivity contribution in [3.05, 3.63) is 48.6 Å². The van der Waals surface area contributed by atoms with Crippen LogP contribution in [0.25, 0.3) is 0 Å². The molecule has 86 heavy (non-hydrogen) atoms. The van der Waals surface area contributed by atoms with Crippen LogP contribution >= 0.6 is 0 Å². The van der Waals surface area contributed by atoms with E-state index in [-0.39, 0.29) is 18.5 Å². The highest BCUT2D eigenvalue weighted by molar-refractivity contribution is 5.76. The van der Waals surface area contributed by atoms with Crippen LogP contribution in [-0.4, -0.2) is 100 Å². The molecule has 6 N–H and O–H groups in total. The van der Waals surface area contributed by atoms with Crippen molar-refractivity contribution in [2.24, 2.45) is 0 Å². The average Bonchev–Trinajstić information content (AvgIpc) is 3.57. The maximum absolute atomic E-state index is 13.0. The highest BCUT2D eigenvalue weighted by atomic mass is 16.7. The fourth-order valence-electron chi connectivity index (χ4n) is 11.6. The maximum Gasteiger partial charge on any atom is 0.305 e. The summed E-state index contributed by atoms with van der Waals surface area (Å²) in [5.41, 5.74) is 0. The van der Waals surface area contributed by atoms with Gasteiger partial charge in [0.15, 0.2) is 6.29 Å². The standard InChI is InChI=1S/C75H139NO10/c1-3-5-7-9-11-13-14-15-40-43-47-51-55-59-63-71(80)84-64-60-56-52-48-44-41-38-36-34-32-30-28-26-24-22-20-18-16-17-19-21-23-25-27-29-31-33-35-37-39-42-46-50-54-58-62-70(79)76-67(68(78)61-57-53-49-45-12-10-8-6-4-2)66-85-75-74(83)73(82)72(81)69(65-77)86-75/h14-15,18,20,24,26,57,61,67-69,72-75,77-78,81-83H,3-13,16-17,19,21-23,25,27-56,58-60,62-66H2,1-2H3,(H,76,79)/b15-14-,20-18-,26-24-,61-57+. The molecule has 1 saturated heterocycles. The number of allylic oxidation sites excluding steroid dienone is 7. The number of amides is 1. The van der Waals surface area contributed by atoms with Crippen LogP contribution < -0.4 is 5.32 Å². The van der Waals surface area contributed by atoms with Crippen LogP contribution in [-0.2, 0) is 23.8 Å². The summed E-state index contributed by atoms with van der Waals surface area (Å²) in [6.45, 7) is 4.33. The first-order valence-corrected chi connectivity index (χ1v) is 36.9. The van der Waals surface area contributed by atoms with Gasteiger partial charge in [0.1, 0.15) is 24.4 Å². The quantitative estimate of drug-likeness (QED) is 0.0195. The number of aliphatic hydroxyl groups excluding tert-OH is 5. The zero-order valence-electron chi connectivity index (χ0n) is 56.0. The molecule has 7 atom stereocenters. The molecule has 11 heteroatoms. The van der Waals surface area contributed by atoms with Crippen molar-refractivity contribution in [1.82, 2.24) is 5.32 Å². The summed E-state index contributed by atoms with van der Waals surface area (Å²) in [7, 11) is 0. The molecular weight excluding hydrogens is 1070 g/mol. The van der Waals surface area contributed by atoms with Crippen molar-refractivity contribution in [2.75, 3.05) is 19.8 Å². The normalized spacial score (nSPS) is 18.2. The predicted octanol–water partition coefficient (Wildman–Crippen LogP) is 19.1. The van der Waals surface area contributed by atoms with Crippen molar-refractivity contribution in [1.29, 1.82) is 0 Å². The van der Waals surface area contributed by atoms with Gasteiger partial charge in [0, 0.05) is 12.8 Å². The average molecular weight is 1210 g/mol. The molecule has 1 amide bonds. The molecule has 7 unspecified atom stereocenters. The summed E-state index contributed by atoms with van der Waals surface area (Å²) in [6.07, 6.45) is 74.2. The molecule has 0 radical (unpaired) electrons. The van der Waals surface area contributed by atoms with E-state index in [0.29, 0.717) is 19.4 Å². The number of esters is 1. The van der Waals surface area contributed by atoms with Gasteiger partial charge in [-0.2, -0.15) is 0 Å². The molecule has 504 valence electrons. The van der Waals surface area contributed by atoms with Gasteiger partial charge < -0.3 is 45.1 Å². The van der Waals surface area contributed by atoms with Gasteiger partial charge >= 0.3 is 5.97 Å². The minimum atomic E-state index is -1.57. The van der Waals surface area contributed by atoms with E-state index in [2.05, 4.69) is 55.6 Å². The maximum atomic E-state index is 13.0. The van der Waals surface area contributed by atoms with E-state index in [4.69, 9.17) is 14.2 Å². The second kappa shape index (κ2) is 64.2. The molecule has 1 aliphatic rings. The first-order valence-electron chi connectivity index (χ1n) is 36.9. The number of aliphatic hydroxyl groups is 5. The lowest BCUT2D eigenvalue weighted by Crippen LogP contribution is -2.60. The lowest BCUT2D eigenvalue weighted by molar-refractivity contribution is -0.302.